The van der Waals surface area contributed by atoms with Crippen LogP contribution in [0.1, 0.15) is 22.7 Å². The first-order valence-corrected chi connectivity index (χ1v) is 6.62. The standard InChI is InChI=1S/C13H13ClFNS/c1-8-6-17-7-11(8)13(16)5-9-4-10(15)2-3-12(9)14/h2-4,6-7,13H,5,16H2,1H3. The van der Waals surface area contributed by atoms with Gasteiger partial charge in [-0.2, -0.15) is 11.3 Å². The molecule has 0 aliphatic rings. The summed E-state index contributed by atoms with van der Waals surface area (Å²) in [4.78, 5) is 0. The summed E-state index contributed by atoms with van der Waals surface area (Å²) in [5.41, 5.74) is 9.15. The molecule has 1 heterocycles. The van der Waals surface area contributed by atoms with Gasteiger partial charge in [0.05, 0.1) is 0 Å². The fraction of sp³-hybridized carbons (Fsp3) is 0.231. The maximum atomic E-state index is 13.1. The molecule has 17 heavy (non-hydrogen) atoms. The van der Waals surface area contributed by atoms with E-state index in [0.29, 0.717) is 11.4 Å². The molecule has 0 aliphatic carbocycles. The summed E-state index contributed by atoms with van der Waals surface area (Å²) in [7, 11) is 0. The molecule has 2 N–H and O–H groups in total. The number of thiophene rings is 1. The largest absolute Gasteiger partial charge is 0.324 e. The molecule has 1 aromatic carbocycles. The number of aryl methyl sites for hydroxylation is 1. The van der Waals surface area contributed by atoms with Crippen molar-refractivity contribution in [3.05, 3.63) is 56.5 Å². The summed E-state index contributed by atoms with van der Waals surface area (Å²) < 4.78 is 13.1. The zero-order valence-corrected chi connectivity index (χ0v) is 11.0. The van der Waals surface area contributed by atoms with Gasteiger partial charge in [-0.05, 0) is 59.0 Å². The second-order valence-corrected chi connectivity index (χ2v) is 5.21. The lowest BCUT2D eigenvalue weighted by molar-refractivity contribution is 0.622. The lowest BCUT2D eigenvalue weighted by Crippen LogP contribution is -2.13. The molecule has 90 valence electrons. The zero-order valence-electron chi connectivity index (χ0n) is 9.41. The molecular formula is C13H13ClFNS. The Kier molecular flexibility index (Phi) is 3.82. The fourth-order valence-electron chi connectivity index (χ4n) is 1.80. The van der Waals surface area contributed by atoms with Crippen molar-refractivity contribution in [1.29, 1.82) is 0 Å². The van der Waals surface area contributed by atoms with Gasteiger partial charge in [0.2, 0.25) is 0 Å². The van der Waals surface area contributed by atoms with Gasteiger partial charge >= 0.3 is 0 Å². The molecule has 0 radical (unpaired) electrons. The monoisotopic (exact) mass is 269 g/mol. The molecular weight excluding hydrogens is 257 g/mol. The molecule has 0 amide bonds. The van der Waals surface area contributed by atoms with Crippen molar-refractivity contribution in [3.8, 4) is 0 Å². The topological polar surface area (TPSA) is 26.0 Å². The number of benzene rings is 1. The van der Waals surface area contributed by atoms with Gasteiger partial charge in [0.15, 0.2) is 0 Å². The Morgan fingerprint density at radius 3 is 2.82 bits per heavy atom. The lowest BCUT2D eigenvalue weighted by atomic mass is 9.99. The lowest BCUT2D eigenvalue weighted by Gasteiger charge is -2.13. The summed E-state index contributed by atoms with van der Waals surface area (Å²) in [6.07, 6.45) is 0.550. The predicted molar refractivity (Wildman–Crippen MR) is 71.1 cm³/mol. The molecule has 1 atom stereocenters. The van der Waals surface area contributed by atoms with Gasteiger partial charge in [-0.3, -0.25) is 0 Å². The van der Waals surface area contributed by atoms with E-state index < -0.39 is 0 Å². The van der Waals surface area contributed by atoms with Gasteiger partial charge in [-0.15, -0.1) is 0 Å². The van der Waals surface area contributed by atoms with Crippen LogP contribution in [0.15, 0.2) is 29.0 Å². The van der Waals surface area contributed by atoms with E-state index in [2.05, 4.69) is 5.38 Å². The number of hydrogen-bond donors (Lipinski definition) is 1. The van der Waals surface area contributed by atoms with Gasteiger partial charge in [0.1, 0.15) is 5.82 Å². The third kappa shape index (κ3) is 2.86. The van der Waals surface area contributed by atoms with E-state index in [9.17, 15) is 4.39 Å². The van der Waals surface area contributed by atoms with Crippen molar-refractivity contribution in [2.75, 3.05) is 0 Å². The number of hydrogen-bond acceptors (Lipinski definition) is 2. The molecule has 0 aliphatic heterocycles. The third-order valence-corrected chi connectivity index (χ3v) is 3.99. The molecule has 1 unspecified atom stereocenters. The van der Waals surface area contributed by atoms with Crippen LogP contribution in [0.3, 0.4) is 0 Å². The highest BCUT2D eigenvalue weighted by Gasteiger charge is 2.13. The average molecular weight is 270 g/mol. The minimum atomic E-state index is -0.279. The first-order chi connectivity index (χ1) is 8.08. The van der Waals surface area contributed by atoms with E-state index in [4.69, 9.17) is 17.3 Å². The van der Waals surface area contributed by atoms with Crippen LogP contribution in [0.2, 0.25) is 5.02 Å². The second-order valence-electron chi connectivity index (χ2n) is 4.06. The highest BCUT2D eigenvalue weighted by Crippen LogP contribution is 2.26. The maximum absolute atomic E-state index is 13.1. The smallest absolute Gasteiger partial charge is 0.123 e. The molecule has 0 bridgehead atoms. The normalized spacial score (nSPS) is 12.7. The van der Waals surface area contributed by atoms with Crippen molar-refractivity contribution in [2.24, 2.45) is 5.73 Å². The summed E-state index contributed by atoms with van der Waals surface area (Å²) in [6.45, 7) is 2.03. The van der Waals surface area contributed by atoms with E-state index in [-0.39, 0.29) is 11.9 Å². The first kappa shape index (κ1) is 12.6. The van der Waals surface area contributed by atoms with Crippen molar-refractivity contribution in [3.63, 3.8) is 0 Å². The van der Waals surface area contributed by atoms with Crippen molar-refractivity contribution in [1.82, 2.24) is 0 Å². The predicted octanol–water partition coefficient (Wildman–Crippen LogP) is 4.09. The summed E-state index contributed by atoms with van der Waals surface area (Å²) >= 11 is 7.65. The third-order valence-electron chi connectivity index (χ3n) is 2.74. The van der Waals surface area contributed by atoms with Gasteiger partial charge in [0.25, 0.3) is 0 Å². The first-order valence-electron chi connectivity index (χ1n) is 5.30. The highest BCUT2D eigenvalue weighted by molar-refractivity contribution is 7.08. The van der Waals surface area contributed by atoms with Gasteiger partial charge in [-0.25, -0.2) is 4.39 Å². The van der Waals surface area contributed by atoms with E-state index in [1.165, 1.54) is 17.7 Å². The fourth-order valence-corrected chi connectivity index (χ4v) is 2.91. The molecule has 0 fully saturated rings. The van der Waals surface area contributed by atoms with Crippen LogP contribution in [-0.2, 0) is 6.42 Å². The van der Waals surface area contributed by atoms with E-state index in [1.54, 1.807) is 17.4 Å². The van der Waals surface area contributed by atoms with Crippen molar-refractivity contribution < 1.29 is 4.39 Å². The molecule has 0 saturated heterocycles. The number of nitrogens with two attached hydrogens (primary N) is 1. The zero-order chi connectivity index (χ0) is 12.4. The molecule has 4 heteroatoms. The number of halogens is 2. The summed E-state index contributed by atoms with van der Waals surface area (Å²) in [5.74, 6) is -0.279. The highest BCUT2D eigenvalue weighted by atomic mass is 35.5. The molecule has 1 aromatic heterocycles. The minimum Gasteiger partial charge on any atom is -0.324 e. The van der Waals surface area contributed by atoms with E-state index >= 15 is 0 Å². The van der Waals surface area contributed by atoms with E-state index in [1.807, 2.05) is 12.3 Å². The molecule has 0 saturated carbocycles. The summed E-state index contributed by atoms with van der Waals surface area (Å²) in [6, 6.07) is 4.23. The molecule has 1 nitrogen and oxygen atoms in total. The minimum absolute atomic E-state index is 0.138. The Bertz CT molecular complexity index is 524. The maximum Gasteiger partial charge on any atom is 0.123 e. The summed E-state index contributed by atoms with van der Waals surface area (Å²) in [5, 5.41) is 4.66. The van der Waals surface area contributed by atoms with E-state index in [0.717, 1.165) is 11.1 Å². The van der Waals surface area contributed by atoms with Crippen LogP contribution < -0.4 is 5.73 Å². The van der Waals surface area contributed by atoms with Crippen LogP contribution in [0.25, 0.3) is 0 Å². The Balaban J connectivity index is 2.21. The Morgan fingerprint density at radius 2 is 2.18 bits per heavy atom. The molecule has 2 aromatic rings. The van der Waals surface area contributed by atoms with Crippen LogP contribution in [0.5, 0.6) is 0 Å². The van der Waals surface area contributed by atoms with Crippen LogP contribution in [0, 0.1) is 12.7 Å². The van der Waals surface area contributed by atoms with Crippen LogP contribution in [0.4, 0.5) is 4.39 Å². The van der Waals surface area contributed by atoms with Gasteiger partial charge in [0, 0.05) is 11.1 Å². The molecule has 0 spiro atoms. The quantitative estimate of drug-likeness (QED) is 0.892. The van der Waals surface area contributed by atoms with Crippen LogP contribution >= 0.6 is 22.9 Å². The van der Waals surface area contributed by atoms with Gasteiger partial charge in [-0.1, -0.05) is 11.6 Å². The number of rotatable bonds is 3. The van der Waals surface area contributed by atoms with Gasteiger partial charge < -0.3 is 5.73 Å². The molecule has 2 rings (SSSR count). The second kappa shape index (κ2) is 5.17. The van der Waals surface area contributed by atoms with Crippen molar-refractivity contribution >= 4 is 22.9 Å². The SMILES string of the molecule is Cc1cscc1C(N)Cc1cc(F)ccc1Cl. The Hall–Kier alpha value is -0.900. The average Bonchev–Trinajstić information content (AvgIpc) is 2.70. The Labute approximate surface area is 109 Å². The Morgan fingerprint density at radius 1 is 1.41 bits per heavy atom. The van der Waals surface area contributed by atoms with Crippen LogP contribution in [-0.4, -0.2) is 0 Å². The van der Waals surface area contributed by atoms with Crippen molar-refractivity contribution in [2.45, 2.75) is 19.4 Å².